The van der Waals surface area contributed by atoms with Crippen molar-refractivity contribution in [1.82, 2.24) is 0 Å². The van der Waals surface area contributed by atoms with Crippen LogP contribution in [0.2, 0.25) is 0 Å². The number of hydrogen-bond acceptors (Lipinski definition) is 17. The molecule has 0 aromatic rings. The van der Waals surface area contributed by atoms with E-state index in [9.17, 15) is 51.1 Å². The van der Waals surface area contributed by atoms with Gasteiger partial charge in [0.2, 0.25) is 0 Å². The van der Waals surface area contributed by atoms with Crippen LogP contribution < -0.4 is 0 Å². The maximum absolute atomic E-state index is 10.8. The van der Waals surface area contributed by atoms with E-state index in [0.29, 0.717) is 0 Å². The van der Waals surface area contributed by atoms with E-state index < -0.39 is 117 Å². The molecule has 0 saturated carbocycles. The molecule has 4 fully saturated rings. The van der Waals surface area contributed by atoms with Crippen LogP contribution in [0.25, 0.3) is 0 Å². The van der Waals surface area contributed by atoms with Crippen LogP contribution in [0.5, 0.6) is 0 Å². The third-order valence-corrected chi connectivity index (χ3v) is 7.33. The summed E-state index contributed by atoms with van der Waals surface area (Å²) >= 11 is 0. The van der Waals surface area contributed by atoms with Gasteiger partial charge in [0.15, 0.2) is 25.2 Å². The Morgan fingerprint density at radius 1 is 0.462 bits per heavy atom. The molecule has 0 radical (unpaired) electrons. The minimum atomic E-state index is -1.79. The Morgan fingerprint density at radius 3 is 1.67 bits per heavy atom. The second-order valence-corrected chi connectivity index (χ2v) is 10.2. The van der Waals surface area contributed by atoms with Crippen molar-refractivity contribution in [3.05, 3.63) is 0 Å². The van der Waals surface area contributed by atoms with E-state index in [1.807, 2.05) is 0 Å². The first-order valence-electron chi connectivity index (χ1n) is 12.6. The highest BCUT2D eigenvalue weighted by molar-refractivity contribution is 4.94. The average molecular weight is 575 g/mol. The Kier molecular flexibility index (Phi) is 10.2. The van der Waals surface area contributed by atoms with Crippen LogP contribution in [-0.2, 0) is 33.2 Å². The highest BCUT2D eigenvalue weighted by Crippen LogP contribution is 2.32. The van der Waals surface area contributed by atoms with Gasteiger partial charge in [-0.3, -0.25) is 0 Å². The summed E-state index contributed by atoms with van der Waals surface area (Å²) in [5.74, 6) is 0. The first kappa shape index (κ1) is 31.3. The van der Waals surface area contributed by atoms with E-state index in [2.05, 4.69) is 0 Å². The number of ether oxygens (including phenoxy) is 7. The SMILES string of the molecule is C[C@@H]1O[C@@H](O[C@H]2[C@@H](O)[C@H](O[C@@H]3[C@@H](O)[C@@H](O)[C@H](O[C@H]4C(O)OC[C@@H](O)[C@@H]4O)O[C@H]3C)OC[C@H]2O)[C@H](O)[C@H](O)[C@H]1O. The zero-order valence-electron chi connectivity index (χ0n) is 21.1. The van der Waals surface area contributed by atoms with Crippen LogP contribution in [-0.4, -0.2) is 175 Å². The second-order valence-electron chi connectivity index (χ2n) is 10.2. The third kappa shape index (κ3) is 6.40. The molecule has 17 heteroatoms. The lowest BCUT2D eigenvalue weighted by atomic mass is 9.98. The van der Waals surface area contributed by atoms with E-state index in [0.717, 1.165) is 0 Å². The fraction of sp³-hybridized carbons (Fsp3) is 1.00. The van der Waals surface area contributed by atoms with Gasteiger partial charge < -0.3 is 84.2 Å². The molecule has 1 unspecified atom stereocenters. The van der Waals surface area contributed by atoms with Gasteiger partial charge in [-0.25, -0.2) is 0 Å². The molecule has 0 spiro atoms. The van der Waals surface area contributed by atoms with Gasteiger partial charge in [0.05, 0.1) is 25.4 Å². The Morgan fingerprint density at radius 2 is 1.00 bits per heavy atom. The number of aliphatic hydroxyl groups is 10. The molecule has 4 heterocycles. The Labute approximate surface area is 222 Å². The lowest BCUT2D eigenvalue weighted by Gasteiger charge is -2.47. The maximum Gasteiger partial charge on any atom is 0.187 e. The monoisotopic (exact) mass is 574 g/mol. The summed E-state index contributed by atoms with van der Waals surface area (Å²) in [6.45, 7) is 2.11. The largest absolute Gasteiger partial charge is 0.388 e. The summed E-state index contributed by atoms with van der Waals surface area (Å²) in [4.78, 5) is 0. The topological polar surface area (TPSA) is 267 Å². The summed E-state index contributed by atoms with van der Waals surface area (Å²) in [5.41, 5.74) is 0. The minimum Gasteiger partial charge on any atom is -0.388 e. The predicted molar refractivity (Wildman–Crippen MR) is 119 cm³/mol. The molecule has 10 N–H and O–H groups in total. The normalized spacial score (nSPS) is 55.4. The van der Waals surface area contributed by atoms with Gasteiger partial charge in [0.25, 0.3) is 0 Å². The van der Waals surface area contributed by atoms with Gasteiger partial charge >= 0.3 is 0 Å². The zero-order chi connectivity index (χ0) is 28.8. The number of rotatable bonds is 6. The van der Waals surface area contributed by atoms with E-state index in [4.69, 9.17) is 33.2 Å². The van der Waals surface area contributed by atoms with E-state index in [1.165, 1.54) is 13.8 Å². The standard InChI is InChI=1S/C22H38O17/c1-5-9(25)11(27)13(29)21(35-5)38-17-8(24)4-34-20(15(17)31)37-16-6(2)36-22(14(30)12(16)28)39-18-10(26)7(23)3-33-19(18)32/h5-32H,3-4H2,1-2H3/t5-,6-,7+,8+,9-,10-,11+,12-,13+,14+,15+,16-,17+,18+,19?,20-,21-,22-/m0/s1. The molecule has 39 heavy (non-hydrogen) atoms. The van der Waals surface area contributed by atoms with Crippen LogP contribution in [0.1, 0.15) is 13.8 Å². The van der Waals surface area contributed by atoms with Crippen molar-refractivity contribution in [2.75, 3.05) is 13.2 Å². The Balaban J connectivity index is 1.38. The average Bonchev–Trinajstić information content (AvgIpc) is 2.90. The summed E-state index contributed by atoms with van der Waals surface area (Å²) in [7, 11) is 0. The first-order valence-corrected chi connectivity index (χ1v) is 12.6. The van der Waals surface area contributed by atoms with E-state index in [1.54, 1.807) is 0 Å². The molecular weight excluding hydrogens is 536 g/mol. The third-order valence-electron chi connectivity index (χ3n) is 7.33. The molecule has 4 rings (SSSR count). The molecule has 0 aromatic carbocycles. The Hall–Kier alpha value is -0.680. The molecule has 4 aliphatic heterocycles. The van der Waals surface area contributed by atoms with Crippen molar-refractivity contribution in [1.29, 1.82) is 0 Å². The zero-order valence-corrected chi connectivity index (χ0v) is 21.1. The number of hydrogen-bond donors (Lipinski definition) is 10. The highest BCUT2D eigenvalue weighted by atomic mass is 16.8. The molecule has 17 nitrogen and oxygen atoms in total. The minimum absolute atomic E-state index is 0.346. The van der Waals surface area contributed by atoms with Gasteiger partial charge in [-0.1, -0.05) is 0 Å². The molecule has 0 aliphatic carbocycles. The lowest BCUT2D eigenvalue weighted by molar-refractivity contribution is -0.376. The van der Waals surface area contributed by atoms with Crippen molar-refractivity contribution >= 4 is 0 Å². The summed E-state index contributed by atoms with van der Waals surface area (Å²) in [5, 5.41) is 102. The molecular formula is C22H38O17. The van der Waals surface area contributed by atoms with Crippen LogP contribution in [0.3, 0.4) is 0 Å². The van der Waals surface area contributed by atoms with Crippen molar-refractivity contribution in [2.45, 2.75) is 124 Å². The van der Waals surface area contributed by atoms with E-state index >= 15 is 0 Å². The van der Waals surface area contributed by atoms with Gasteiger partial charge in [0.1, 0.15) is 73.2 Å². The maximum atomic E-state index is 10.8. The molecule has 0 aromatic heterocycles. The van der Waals surface area contributed by atoms with Crippen LogP contribution in [0.15, 0.2) is 0 Å². The molecule has 4 saturated heterocycles. The van der Waals surface area contributed by atoms with Gasteiger partial charge in [-0.15, -0.1) is 0 Å². The second kappa shape index (κ2) is 12.7. The molecule has 4 aliphatic rings. The summed E-state index contributed by atoms with van der Waals surface area (Å²) in [6.07, 6.45) is -26.8. The number of aliphatic hydroxyl groups excluding tert-OH is 10. The van der Waals surface area contributed by atoms with Crippen LogP contribution >= 0.6 is 0 Å². The molecule has 18 atom stereocenters. The predicted octanol–water partition coefficient (Wildman–Crippen LogP) is -6.42. The van der Waals surface area contributed by atoms with Gasteiger partial charge in [0, 0.05) is 0 Å². The highest BCUT2D eigenvalue weighted by Gasteiger charge is 2.52. The Bertz CT molecular complexity index is 792. The van der Waals surface area contributed by atoms with Crippen molar-refractivity contribution in [3.63, 3.8) is 0 Å². The van der Waals surface area contributed by atoms with Gasteiger partial charge in [-0.05, 0) is 13.8 Å². The summed E-state index contributed by atoms with van der Waals surface area (Å²) in [6, 6.07) is 0. The van der Waals surface area contributed by atoms with Gasteiger partial charge in [-0.2, -0.15) is 0 Å². The van der Waals surface area contributed by atoms with Crippen LogP contribution in [0.4, 0.5) is 0 Å². The quantitative estimate of drug-likeness (QED) is 0.141. The van der Waals surface area contributed by atoms with Crippen LogP contribution in [0, 0.1) is 0 Å². The molecule has 228 valence electrons. The molecule has 0 amide bonds. The van der Waals surface area contributed by atoms with E-state index in [-0.39, 0.29) is 6.61 Å². The van der Waals surface area contributed by atoms with Crippen molar-refractivity contribution < 1.29 is 84.2 Å². The fourth-order valence-corrected chi connectivity index (χ4v) is 4.88. The fourth-order valence-electron chi connectivity index (χ4n) is 4.88. The lowest BCUT2D eigenvalue weighted by Crippen LogP contribution is -2.65. The smallest absolute Gasteiger partial charge is 0.187 e. The van der Waals surface area contributed by atoms with Crippen molar-refractivity contribution in [3.8, 4) is 0 Å². The first-order chi connectivity index (χ1) is 18.3. The molecule has 0 bridgehead atoms. The summed E-state index contributed by atoms with van der Waals surface area (Å²) < 4.78 is 37.8. The van der Waals surface area contributed by atoms with Crippen molar-refractivity contribution in [2.24, 2.45) is 0 Å².